The van der Waals surface area contributed by atoms with Crippen molar-refractivity contribution in [1.29, 1.82) is 0 Å². The minimum absolute atomic E-state index is 0.514. The molecule has 1 heterocycles. The van der Waals surface area contributed by atoms with Crippen LogP contribution in [0.15, 0.2) is 21.0 Å². The first-order valence-corrected chi connectivity index (χ1v) is 6.68. The van der Waals surface area contributed by atoms with Crippen LogP contribution in [0.1, 0.15) is 32.6 Å². The Morgan fingerprint density at radius 2 is 2.12 bits per heavy atom. The topological polar surface area (TPSA) is 50.7 Å². The van der Waals surface area contributed by atoms with E-state index in [2.05, 4.69) is 26.5 Å². The molecule has 0 saturated heterocycles. The monoisotopic (exact) mass is 318 g/mol. The first-order chi connectivity index (χ1) is 7.78. The van der Waals surface area contributed by atoms with E-state index in [1.807, 2.05) is 19.1 Å². The number of carbonyl (C=O) groups is 1. The van der Waals surface area contributed by atoms with E-state index < -0.39 is 11.7 Å². The lowest BCUT2D eigenvalue weighted by atomic mass is 10.2. The minimum atomic E-state index is -0.549. The van der Waals surface area contributed by atoms with E-state index >= 15 is 0 Å². The lowest BCUT2D eigenvalue weighted by Crippen LogP contribution is -2.30. The summed E-state index contributed by atoms with van der Waals surface area (Å²) in [5, 5.41) is 3.97. The molecule has 0 aromatic carbocycles. The van der Waals surface area contributed by atoms with E-state index in [0.29, 0.717) is 0 Å². The Hall–Kier alpha value is -0.880. The van der Waals surface area contributed by atoms with Crippen molar-refractivity contribution in [3.05, 3.63) is 20.8 Å². The number of hydrazone groups is 1. The average Bonchev–Trinajstić information content (AvgIpc) is 2.58. The van der Waals surface area contributed by atoms with Crippen LogP contribution in [0, 0.1) is 0 Å². The summed E-state index contributed by atoms with van der Waals surface area (Å²) in [5.41, 5.74) is 2.59. The number of nitrogens with zero attached hydrogens (tertiary/aromatic N) is 1. The van der Waals surface area contributed by atoms with E-state index in [4.69, 9.17) is 4.74 Å². The molecule has 0 fully saturated rings. The molecule has 6 heteroatoms. The molecule has 0 spiro atoms. The molecule has 0 saturated carbocycles. The van der Waals surface area contributed by atoms with Crippen LogP contribution in [0.25, 0.3) is 0 Å². The second-order valence-electron chi connectivity index (χ2n) is 4.41. The smallest absolute Gasteiger partial charge is 0.428 e. The number of halogens is 1. The highest BCUT2D eigenvalue weighted by molar-refractivity contribution is 9.11. The van der Waals surface area contributed by atoms with Gasteiger partial charge in [0, 0.05) is 0 Å². The SMILES string of the molecule is C/C(=N/NC(=O)OC(C)(C)C)c1ccc(Br)s1. The van der Waals surface area contributed by atoms with Crippen molar-refractivity contribution >= 4 is 39.1 Å². The van der Waals surface area contributed by atoms with Crippen LogP contribution in [-0.4, -0.2) is 17.4 Å². The maximum Gasteiger partial charge on any atom is 0.428 e. The fraction of sp³-hybridized carbons (Fsp3) is 0.455. The van der Waals surface area contributed by atoms with Crippen LogP contribution >= 0.6 is 27.3 Å². The lowest BCUT2D eigenvalue weighted by Gasteiger charge is -2.18. The van der Waals surface area contributed by atoms with Gasteiger partial charge in [0.15, 0.2) is 0 Å². The molecule has 17 heavy (non-hydrogen) atoms. The van der Waals surface area contributed by atoms with Gasteiger partial charge >= 0.3 is 6.09 Å². The molecule has 1 aromatic rings. The summed E-state index contributed by atoms with van der Waals surface area (Å²) in [6, 6.07) is 3.87. The van der Waals surface area contributed by atoms with Crippen molar-refractivity contribution in [2.75, 3.05) is 0 Å². The second-order valence-corrected chi connectivity index (χ2v) is 6.88. The van der Waals surface area contributed by atoms with Gasteiger partial charge < -0.3 is 4.74 Å². The maximum absolute atomic E-state index is 11.4. The van der Waals surface area contributed by atoms with E-state index in [0.717, 1.165) is 14.4 Å². The Kier molecular flexibility index (Phi) is 4.70. The Labute approximate surface area is 113 Å². The van der Waals surface area contributed by atoms with Crippen molar-refractivity contribution in [1.82, 2.24) is 5.43 Å². The predicted octanol–water partition coefficient (Wildman–Crippen LogP) is 3.76. The third kappa shape index (κ3) is 5.32. The molecular weight excluding hydrogens is 304 g/mol. The second kappa shape index (κ2) is 5.64. The third-order valence-corrected chi connectivity index (χ3v) is 3.38. The summed E-state index contributed by atoms with van der Waals surface area (Å²) in [4.78, 5) is 12.3. The first kappa shape index (κ1) is 14.2. The molecule has 94 valence electrons. The molecule has 1 aromatic heterocycles. The van der Waals surface area contributed by atoms with Crippen LogP contribution in [-0.2, 0) is 4.74 Å². The summed E-state index contributed by atoms with van der Waals surface area (Å²) in [6.07, 6.45) is -0.549. The van der Waals surface area contributed by atoms with Crippen molar-refractivity contribution in [2.45, 2.75) is 33.3 Å². The zero-order valence-corrected chi connectivity index (χ0v) is 12.6. The van der Waals surface area contributed by atoms with Gasteiger partial charge in [0.2, 0.25) is 0 Å². The Morgan fingerprint density at radius 3 is 2.59 bits per heavy atom. The lowest BCUT2D eigenvalue weighted by molar-refractivity contribution is 0.0529. The normalized spacial score (nSPS) is 12.4. The standard InChI is InChI=1S/C11H15BrN2O2S/c1-7(8-5-6-9(12)17-8)13-14-10(15)16-11(2,3)4/h5-6H,1-4H3,(H,14,15)/b13-7-. The molecule has 0 bridgehead atoms. The van der Waals surface area contributed by atoms with Crippen molar-refractivity contribution in [2.24, 2.45) is 5.10 Å². The molecule has 0 aliphatic heterocycles. The van der Waals surface area contributed by atoms with Crippen LogP contribution in [0.4, 0.5) is 4.79 Å². The number of hydrogen-bond donors (Lipinski definition) is 1. The largest absolute Gasteiger partial charge is 0.443 e. The van der Waals surface area contributed by atoms with Crippen molar-refractivity contribution in [3.63, 3.8) is 0 Å². The van der Waals surface area contributed by atoms with Crippen molar-refractivity contribution < 1.29 is 9.53 Å². The van der Waals surface area contributed by atoms with Crippen LogP contribution < -0.4 is 5.43 Å². The molecular formula is C11H15BrN2O2S. The number of rotatable bonds is 2. The van der Waals surface area contributed by atoms with Gasteiger partial charge in [-0.15, -0.1) is 11.3 Å². The van der Waals surface area contributed by atoms with Gasteiger partial charge in [0.1, 0.15) is 5.60 Å². The molecule has 1 amide bonds. The molecule has 0 radical (unpaired) electrons. The van der Waals surface area contributed by atoms with Gasteiger partial charge in [-0.2, -0.15) is 5.10 Å². The number of hydrogen-bond acceptors (Lipinski definition) is 4. The summed E-state index contributed by atoms with van der Waals surface area (Å²) in [5.74, 6) is 0. The quantitative estimate of drug-likeness (QED) is 0.666. The zero-order valence-electron chi connectivity index (χ0n) is 10.2. The number of thiophene rings is 1. The molecule has 1 rings (SSSR count). The van der Waals surface area contributed by atoms with E-state index in [9.17, 15) is 4.79 Å². The fourth-order valence-corrected chi connectivity index (χ4v) is 2.33. The Balaban J connectivity index is 2.57. The van der Waals surface area contributed by atoms with E-state index in [1.54, 1.807) is 32.1 Å². The highest BCUT2D eigenvalue weighted by atomic mass is 79.9. The Bertz CT molecular complexity index is 435. The van der Waals surface area contributed by atoms with Crippen LogP contribution in [0.3, 0.4) is 0 Å². The number of ether oxygens (including phenoxy) is 1. The van der Waals surface area contributed by atoms with Crippen LogP contribution in [0.2, 0.25) is 0 Å². The number of amides is 1. The van der Waals surface area contributed by atoms with Gasteiger partial charge in [-0.3, -0.25) is 0 Å². The fourth-order valence-electron chi connectivity index (χ4n) is 0.994. The average molecular weight is 319 g/mol. The number of carbonyl (C=O) groups excluding carboxylic acids is 1. The van der Waals surface area contributed by atoms with Gasteiger partial charge in [-0.1, -0.05) is 0 Å². The molecule has 0 atom stereocenters. The van der Waals surface area contributed by atoms with E-state index in [1.165, 1.54) is 0 Å². The maximum atomic E-state index is 11.4. The molecule has 0 unspecified atom stereocenters. The third-order valence-electron chi connectivity index (χ3n) is 1.64. The highest BCUT2D eigenvalue weighted by Crippen LogP contribution is 2.22. The summed E-state index contributed by atoms with van der Waals surface area (Å²) in [6.45, 7) is 7.24. The van der Waals surface area contributed by atoms with Gasteiger partial charge in [-0.05, 0) is 55.8 Å². The van der Waals surface area contributed by atoms with Gasteiger partial charge in [0.05, 0.1) is 14.4 Å². The molecule has 4 nitrogen and oxygen atoms in total. The molecule has 1 N–H and O–H groups in total. The van der Waals surface area contributed by atoms with E-state index in [-0.39, 0.29) is 0 Å². The van der Waals surface area contributed by atoms with Crippen molar-refractivity contribution in [3.8, 4) is 0 Å². The zero-order chi connectivity index (χ0) is 13.1. The highest BCUT2D eigenvalue weighted by Gasteiger charge is 2.15. The molecule has 0 aliphatic carbocycles. The summed E-state index contributed by atoms with van der Waals surface area (Å²) < 4.78 is 6.09. The first-order valence-electron chi connectivity index (χ1n) is 5.07. The summed E-state index contributed by atoms with van der Waals surface area (Å²) >= 11 is 4.93. The van der Waals surface area contributed by atoms with Gasteiger partial charge in [0.25, 0.3) is 0 Å². The summed E-state index contributed by atoms with van der Waals surface area (Å²) in [7, 11) is 0. The predicted molar refractivity (Wildman–Crippen MR) is 73.6 cm³/mol. The van der Waals surface area contributed by atoms with Crippen LogP contribution in [0.5, 0.6) is 0 Å². The van der Waals surface area contributed by atoms with Gasteiger partial charge in [-0.25, -0.2) is 10.2 Å². The molecule has 0 aliphatic rings. The minimum Gasteiger partial charge on any atom is -0.443 e. The number of nitrogens with one attached hydrogen (secondary N) is 1. The Morgan fingerprint density at radius 1 is 1.47 bits per heavy atom.